The van der Waals surface area contributed by atoms with Crippen LogP contribution >= 0.6 is 11.6 Å². The van der Waals surface area contributed by atoms with Crippen LogP contribution < -0.4 is 4.90 Å². The van der Waals surface area contributed by atoms with Gasteiger partial charge in [-0.2, -0.15) is 4.31 Å². The average molecular weight is 433 g/mol. The van der Waals surface area contributed by atoms with Crippen molar-refractivity contribution in [3.63, 3.8) is 0 Å². The Kier molecular flexibility index (Phi) is 5.81. The van der Waals surface area contributed by atoms with Gasteiger partial charge in [0.15, 0.2) is 0 Å². The average Bonchev–Trinajstić information content (AvgIpc) is 3.12. The second kappa shape index (κ2) is 8.34. The van der Waals surface area contributed by atoms with Gasteiger partial charge in [0, 0.05) is 61.2 Å². The third-order valence-corrected chi connectivity index (χ3v) is 7.54. The number of rotatable bonds is 6. The van der Waals surface area contributed by atoms with Crippen molar-refractivity contribution in [2.45, 2.75) is 31.2 Å². The Morgan fingerprint density at radius 3 is 2.62 bits per heavy atom. The van der Waals surface area contributed by atoms with Gasteiger partial charge < -0.3 is 9.47 Å². The number of unbranched alkanes of at least 4 members (excludes halogenated alkanes) is 1. The SMILES string of the molecule is CCCCn1cc(S(=O)(=O)N2CCN(c3cccc(Cl)c3)CC2)c2cccnc21. The predicted octanol–water partition coefficient (Wildman–Crippen LogP) is 4.00. The molecule has 3 heterocycles. The van der Waals surface area contributed by atoms with Gasteiger partial charge in [-0.05, 0) is 36.8 Å². The van der Waals surface area contributed by atoms with Crippen LogP contribution in [-0.2, 0) is 16.6 Å². The molecule has 0 radical (unpaired) electrons. The largest absolute Gasteiger partial charge is 0.369 e. The summed E-state index contributed by atoms with van der Waals surface area (Å²) in [4.78, 5) is 6.96. The van der Waals surface area contributed by atoms with E-state index in [1.54, 1.807) is 22.8 Å². The van der Waals surface area contributed by atoms with Crippen LogP contribution in [0.3, 0.4) is 0 Å². The van der Waals surface area contributed by atoms with E-state index in [0.717, 1.165) is 30.7 Å². The standard InChI is InChI=1S/C21H25ClN4O2S/c1-2-3-10-25-16-20(19-8-5-9-23-21(19)25)29(27,28)26-13-11-24(12-14-26)18-7-4-6-17(22)15-18/h4-9,15-16H,2-3,10-14H2,1H3. The number of hydrogen-bond donors (Lipinski definition) is 0. The number of hydrogen-bond acceptors (Lipinski definition) is 4. The maximum absolute atomic E-state index is 13.4. The van der Waals surface area contributed by atoms with Crippen molar-refractivity contribution in [3.05, 3.63) is 53.8 Å². The molecule has 8 heteroatoms. The normalized spacial score (nSPS) is 15.9. The number of nitrogens with zero attached hydrogens (tertiary/aromatic N) is 4. The first-order valence-electron chi connectivity index (χ1n) is 9.95. The van der Waals surface area contributed by atoms with Gasteiger partial charge in [-0.3, -0.25) is 0 Å². The molecule has 1 fully saturated rings. The first kappa shape index (κ1) is 20.2. The molecule has 1 saturated heterocycles. The predicted molar refractivity (Wildman–Crippen MR) is 117 cm³/mol. The number of benzene rings is 1. The van der Waals surface area contributed by atoms with Gasteiger partial charge in [0.25, 0.3) is 0 Å². The lowest BCUT2D eigenvalue weighted by atomic mass is 10.2. The molecular weight excluding hydrogens is 408 g/mol. The first-order chi connectivity index (χ1) is 14.0. The van der Waals surface area contributed by atoms with Crippen LogP contribution in [0.2, 0.25) is 5.02 Å². The number of pyridine rings is 1. The van der Waals surface area contributed by atoms with Gasteiger partial charge in [0.1, 0.15) is 10.5 Å². The number of aryl methyl sites for hydroxylation is 1. The number of aromatic nitrogens is 2. The summed E-state index contributed by atoms with van der Waals surface area (Å²) in [6.45, 7) is 5.03. The van der Waals surface area contributed by atoms with Gasteiger partial charge in [-0.25, -0.2) is 13.4 Å². The summed E-state index contributed by atoms with van der Waals surface area (Å²) in [5.74, 6) is 0. The molecular formula is C21H25ClN4O2S. The van der Waals surface area contributed by atoms with E-state index in [2.05, 4.69) is 16.8 Å². The summed E-state index contributed by atoms with van der Waals surface area (Å²) >= 11 is 6.10. The fraction of sp³-hybridized carbons (Fsp3) is 0.381. The highest BCUT2D eigenvalue weighted by Gasteiger charge is 2.31. The van der Waals surface area contributed by atoms with E-state index in [1.165, 1.54) is 0 Å². The minimum absolute atomic E-state index is 0.355. The van der Waals surface area contributed by atoms with Crippen molar-refractivity contribution in [2.24, 2.45) is 0 Å². The molecule has 1 aromatic carbocycles. The van der Waals surface area contributed by atoms with Gasteiger partial charge in [-0.1, -0.05) is 31.0 Å². The van der Waals surface area contributed by atoms with Crippen LogP contribution in [0.1, 0.15) is 19.8 Å². The quantitative estimate of drug-likeness (QED) is 0.590. The highest BCUT2D eigenvalue weighted by molar-refractivity contribution is 7.89. The van der Waals surface area contributed by atoms with E-state index in [4.69, 9.17) is 11.6 Å². The van der Waals surface area contributed by atoms with E-state index in [0.29, 0.717) is 41.5 Å². The highest BCUT2D eigenvalue weighted by atomic mass is 35.5. The molecule has 0 aliphatic carbocycles. The van der Waals surface area contributed by atoms with Crippen LogP contribution in [0.25, 0.3) is 11.0 Å². The zero-order chi connectivity index (χ0) is 20.4. The molecule has 0 amide bonds. The highest BCUT2D eigenvalue weighted by Crippen LogP contribution is 2.29. The number of halogens is 1. The minimum Gasteiger partial charge on any atom is -0.369 e. The second-order valence-corrected chi connectivity index (χ2v) is 9.63. The Hall–Kier alpha value is -2.09. The molecule has 3 aromatic rings. The lowest BCUT2D eigenvalue weighted by molar-refractivity contribution is 0.385. The molecule has 4 rings (SSSR count). The third-order valence-electron chi connectivity index (χ3n) is 5.38. The zero-order valence-corrected chi connectivity index (χ0v) is 18.0. The van der Waals surface area contributed by atoms with E-state index < -0.39 is 10.0 Å². The molecule has 0 atom stereocenters. The van der Waals surface area contributed by atoms with E-state index >= 15 is 0 Å². The van der Waals surface area contributed by atoms with E-state index in [-0.39, 0.29) is 0 Å². The van der Waals surface area contributed by atoms with Crippen molar-refractivity contribution in [3.8, 4) is 0 Å². The summed E-state index contributed by atoms with van der Waals surface area (Å²) in [5, 5.41) is 1.38. The number of sulfonamides is 1. The number of anilines is 1. The fourth-order valence-electron chi connectivity index (χ4n) is 3.79. The van der Waals surface area contributed by atoms with Crippen molar-refractivity contribution in [1.82, 2.24) is 13.9 Å². The lowest BCUT2D eigenvalue weighted by Crippen LogP contribution is -2.48. The topological polar surface area (TPSA) is 58.4 Å². The van der Waals surface area contributed by atoms with Gasteiger partial charge >= 0.3 is 0 Å². The van der Waals surface area contributed by atoms with E-state index in [1.807, 2.05) is 34.9 Å². The molecule has 0 unspecified atom stereocenters. The van der Waals surface area contributed by atoms with Crippen LogP contribution in [0.5, 0.6) is 0 Å². The summed E-state index contributed by atoms with van der Waals surface area (Å²) in [7, 11) is -3.59. The second-order valence-electron chi connectivity index (χ2n) is 7.29. The summed E-state index contributed by atoms with van der Waals surface area (Å²) in [5.41, 5.74) is 1.76. The first-order valence-corrected chi connectivity index (χ1v) is 11.8. The van der Waals surface area contributed by atoms with Crippen molar-refractivity contribution < 1.29 is 8.42 Å². The zero-order valence-electron chi connectivity index (χ0n) is 16.5. The van der Waals surface area contributed by atoms with Gasteiger partial charge in [-0.15, -0.1) is 0 Å². The molecule has 154 valence electrons. The molecule has 6 nitrogen and oxygen atoms in total. The summed E-state index contributed by atoms with van der Waals surface area (Å²) in [6.07, 6.45) is 5.50. The maximum Gasteiger partial charge on any atom is 0.245 e. The molecule has 0 bridgehead atoms. The minimum atomic E-state index is -3.59. The number of fused-ring (bicyclic) bond motifs is 1. The molecule has 2 aromatic heterocycles. The van der Waals surface area contributed by atoms with E-state index in [9.17, 15) is 8.42 Å². The Bertz CT molecular complexity index is 1100. The fourth-order valence-corrected chi connectivity index (χ4v) is 5.60. The smallest absolute Gasteiger partial charge is 0.245 e. The van der Waals surface area contributed by atoms with Gasteiger partial charge in [0.05, 0.1) is 0 Å². The Labute approximate surface area is 176 Å². The van der Waals surface area contributed by atoms with Crippen LogP contribution in [-0.4, -0.2) is 48.5 Å². The van der Waals surface area contributed by atoms with Crippen molar-refractivity contribution in [2.75, 3.05) is 31.1 Å². The Morgan fingerprint density at radius 1 is 1.10 bits per heavy atom. The molecule has 0 spiro atoms. The molecule has 0 saturated carbocycles. The number of piperazine rings is 1. The molecule has 1 aliphatic rings. The molecule has 1 aliphatic heterocycles. The van der Waals surface area contributed by atoms with Crippen molar-refractivity contribution >= 4 is 38.3 Å². The lowest BCUT2D eigenvalue weighted by Gasteiger charge is -2.35. The molecule has 0 N–H and O–H groups in total. The molecule has 29 heavy (non-hydrogen) atoms. The van der Waals surface area contributed by atoms with Crippen molar-refractivity contribution in [1.29, 1.82) is 0 Å². The third kappa shape index (κ3) is 3.99. The van der Waals surface area contributed by atoms with Crippen LogP contribution in [0, 0.1) is 0 Å². The Balaban J connectivity index is 1.58. The Morgan fingerprint density at radius 2 is 1.90 bits per heavy atom. The summed E-state index contributed by atoms with van der Waals surface area (Å²) in [6, 6.07) is 11.3. The monoisotopic (exact) mass is 432 g/mol. The maximum atomic E-state index is 13.4. The van der Waals surface area contributed by atoms with Crippen LogP contribution in [0.15, 0.2) is 53.7 Å². The summed E-state index contributed by atoms with van der Waals surface area (Å²) < 4.78 is 30.4. The van der Waals surface area contributed by atoms with Gasteiger partial charge in [0.2, 0.25) is 10.0 Å². The van der Waals surface area contributed by atoms with Crippen LogP contribution in [0.4, 0.5) is 5.69 Å².